The molecule has 4 heteroatoms. The summed E-state index contributed by atoms with van der Waals surface area (Å²) in [4.78, 5) is 25.8. The van der Waals surface area contributed by atoms with E-state index in [4.69, 9.17) is 0 Å². The predicted octanol–water partition coefficient (Wildman–Crippen LogP) is 4.23. The Morgan fingerprint density at radius 3 is 2.00 bits per heavy atom. The van der Waals surface area contributed by atoms with E-state index in [0.717, 1.165) is 19.1 Å². The molecule has 0 radical (unpaired) electrons. The van der Waals surface area contributed by atoms with Crippen molar-refractivity contribution in [1.82, 2.24) is 10.3 Å². The van der Waals surface area contributed by atoms with E-state index in [1.165, 1.54) is 57.8 Å². The first-order chi connectivity index (χ1) is 10.8. The van der Waals surface area contributed by atoms with Gasteiger partial charge in [0.15, 0.2) is 6.29 Å². The maximum absolute atomic E-state index is 12.3. The lowest BCUT2D eigenvalue weighted by atomic mass is 9.98. The molecule has 2 N–H and O–H groups in total. The van der Waals surface area contributed by atoms with Crippen LogP contribution < -0.4 is 5.32 Å². The summed E-state index contributed by atoms with van der Waals surface area (Å²) in [6.07, 6.45) is 14.5. The zero-order valence-electron chi connectivity index (χ0n) is 13.4. The van der Waals surface area contributed by atoms with Gasteiger partial charge in [0.1, 0.15) is 5.69 Å². The highest BCUT2D eigenvalue weighted by Crippen LogP contribution is 2.17. The van der Waals surface area contributed by atoms with Gasteiger partial charge in [0, 0.05) is 6.04 Å². The van der Waals surface area contributed by atoms with E-state index in [0.29, 0.717) is 11.4 Å². The average Bonchev–Trinajstić information content (AvgIpc) is 2.99. The summed E-state index contributed by atoms with van der Waals surface area (Å²) in [7, 11) is 0. The van der Waals surface area contributed by atoms with Crippen molar-refractivity contribution in [2.24, 2.45) is 0 Å². The fourth-order valence-corrected chi connectivity index (χ4v) is 3.18. The van der Waals surface area contributed by atoms with Crippen LogP contribution in [0.15, 0.2) is 12.1 Å². The molecule has 0 bridgehead atoms. The first-order valence-corrected chi connectivity index (χ1v) is 8.74. The van der Waals surface area contributed by atoms with Crippen LogP contribution >= 0.6 is 0 Å². The van der Waals surface area contributed by atoms with Crippen LogP contribution in [0.4, 0.5) is 0 Å². The van der Waals surface area contributed by atoms with Gasteiger partial charge in [-0.15, -0.1) is 0 Å². The van der Waals surface area contributed by atoms with E-state index in [1.54, 1.807) is 12.1 Å². The van der Waals surface area contributed by atoms with E-state index in [9.17, 15) is 9.59 Å². The molecule has 1 heterocycles. The van der Waals surface area contributed by atoms with Gasteiger partial charge in [-0.3, -0.25) is 9.59 Å². The number of carbonyl (C=O) groups excluding carboxylic acids is 2. The lowest BCUT2D eigenvalue weighted by molar-refractivity contribution is 0.0927. The number of aromatic nitrogens is 1. The highest BCUT2D eigenvalue weighted by Gasteiger charge is 2.15. The quantitative estimate of drug-likeness (QED) is 0.821. The maximum atomic E-state index is 12.3. The van der Waals surface area contributed by atoms with Crippen LogP contribution in [0.2, 0.25) is 0 Å². The lowest BCUT2D eigenvalue weighted by Gasteiger charge is -2.19. The Morgan fingerprint density at radius 1 is 0.955 bits per heavy atom. The molecule has 2 rings (SSSR count). The van der Waals surface area contributed by atoms with Gasteiger partial charge in [0.2, 0.25) is 0 Å². The minimum absolute atomic E-state index is 0.0924. The molecule has 1 amide bonds. The van der Waals surface area contributed by atoms with Crippen molar-refractivity contribution in [3.63, 3.8) is 0 Å². The van der Waals surface area contributed by atoms with Gasteiger partial charge in [-0.25, -0.2) is 0 Å². The predicted molar refractivity (Wildman–Crippen MR) is 88.2 cm³/mol. The van der Waals surface area contributed by atoms with E-state index in [1.807, 2.05) is 0 Å². The Labute approximate surface area is 133 Å². The molecule has 0 spiro atoms. The molecule has 1 aromatic rings. The molecule has 1 aromatic heterocycles. The Bertz CT molecular complexity index is 455. The number of hydrogen-bond donors (Lipinski definition) is 2. The fourth-order valence-electron chi connectivity index (χ4n) is 3.18. The van der Waals surface area contributed by atoms with Gasteiger partial charge in [0.25, 0.3) is 5.91 Å². The lowest BCUT2D eigenvalue weighted by Crippen LogP contribution is -2.35. The molecule has 0 unspecified atom stereocenters. The Kier molecular flexibility index (Phi) is 7.20. The number of H-pyrrole nitrogens is 1. The molecule has 4 nitrogen and oxygen atoms in total. The van der Waals surface area contributed by atoms with Gasteiger partial charge in [0.05, 0.1) is 5.69 Å². The second-order valence-electron chi connectivity index (χ2n) is 6.37. The summed E-state index contributed by atoms with van der Waals surface area (Å²) in [6.45, 7) is 0. The molecular formula is C18H28N2O2. The number of carbonyl (C=O) groups is 2. The third kappa shape index (κ3) is 5.66. The normalized spacial score (nSPS) is 18.9. The highest BCUT2D eigenvalue weighted by atomic mass is 16.2. The fraction of sp³-hybridized carbons (Fsp3) is 0.667. The summed E-state index contributed by atoms with van der Waals surface area (Å²) in [5, 5.41) is 3.14. The number of rotatable bonds is 3. The molecular weight excluding hydrogens is 276 g/mol. The van der Waals surface area contributed by atoms with Crippen LogP contribution in [-0.4, -0.2) is 23.2 Å². The van der Waals surface area contributed by atoms with Crippen LogP contribution in [0.3, 0.4) is 0 Å². The van der Waals surface area contributed by atoms with Crippen LogP contribution in [-0.2, 0) is 0 Å². The largest absolute Gasteiger partial charge is 0.348 e. The van der Waals surface area contributed by atoms with E-state index < -0.39 is 0 Å². The van der Waals surface area contributed by atoms with E-state index in [2.05, 4.69) is 10.3 Å². The van der Waals surface area contributed by atoms with Gasteiger partial charge < -0.3 is 10.3 Å². The first-order valence-electron chi connectivity index (χ1n) is 8.74. The van der Waals surface area contributed by atoms with Crippen LogP contribution in [0.5, 0.6) is 0 Å². The standard InChI is InChI=1S/C18H28N2O2/c21-14-16-12-13-17(19-16)18(22)20-15-10-8-6-4-2-1-3-5-7-9-11-15/h12-15,19H,1-11H2,(H,20,22). The zero-order valence-corrected chi connectivity index (χ0v) is 13.4. The van der Waals surface area contributed by atoms with Crippen LogP contribution in [0.1, 0.15) is 91.6 Å². The van der Waals surface area contributed by atoms with Gasteiger partial charge in [-0.2, -0.15) is 0 Å². The first kappa shape index (κ1) is 16.8. The van der Waals surface area contributed by atoms with Crippen molar-refractivity contribution in [2.75, 3.05) is 0 Å². The zero-order chi connectivity index (χ0) is 15.6. The molecule has 1 aliphatic carbocycles. The minimum Gasteiger partial charge on any atom is -0.348 e. The molecule has 1 fully saturated rings. The van der Waals surface area contributed by atoms with Crippen molar-refractivity contribution >= 4 is 12.2 Å². The molecule has 1 saturated carbocycles. The van der Waals surface area contributed by atoms with Crippen molar-refractivity contribution < 1.29 is 9.59 Å². The molecule has 0 saturated heterocycles. The number of aldehydes is 1. The second kappa shape index (κ2) is 9.44. The van der Waals surface area contributed by atoms with Gasteiger partial charge in [-0.05, 0) is 25.0 Å². The maximum Gasteiger partial charge on any atom is 0.267 e. The number of nitrogens with one attached hydrogen (secondary N) is 2. The topological polar surface area (TPSA) is 62.0 Å². The third-order valence-corrected chi connectivity index (χ3v) is 4.52. The SMILES string of the molecule is O=Cc1ccc(C(=O)NC2CCCCCCCCCCC2)[nH]1. The summed E-state index contributed by atoms with van der Waals surface area (Å²) < 4.78 is 0. The number of hydrogen-bond acceptors (Lipinski definition) is 2. The molecule has 0 aromatic carbocycles. The summed E-state index contributed by atoms with van der Waals surface area (Å²) >= 11 is 0. The molecule has 122 valence electrons. The van der Waals surface area contributed by atoms with Crippen molar-refractivity contribution in [2.45, 2.75) is 76.7 Å². The van der Waals surface area contributed by atoms with Gasteiger partial charge in [-0.1, -0.05) is 57.8 Å². The monoisotopic (exact) mass is 304 g/mol. The van der Waals surface area contributed by atoms with E-state index in [-0.39, 0.29) is 11.9 Å². The number of amides is 1. The van der Waals surface area contributed by atoms with Crippen LogP contribution in [0, 0.1) is 0 Å². The molecule has 1 aliphatic rings. The Balaban J connectivity index is 1.85. The summed E-state index contributed by atoms with van der Waals surface area (Å²) in [5.41, 5.74) is 0.928. The van der Waals surface area contributed by atoms with Crippen molar-refractivity contribution in [3.05, 3.63) is 23.5 Å². The minimum atomic E-state index is -0.0924. The summed E-state index contributed by atoms with van der Waals surface area (Å²) in [6, 6.07) is 3.58. The Hall–Kier alpha value is -1.58. The highest BCUT2D eigenvalue weighted by molar-refractivity contribution is 5.93. The average molecular weight is 304 g/mol. The number of aromatic amines is 1. The van der Waals surface area contributed by atoms with E-state index >= 15 is 0 Å². The molecule has 0 aliphatic heterocycles. The van der Waals surface area contributed by atoms with Crippen LogP contribution in [0.25, 0.3) is 0 Å². The molecule has 0 atom stereocenters. The smallest absolute Gasteiger partial charge is 0.267 e. The summed E-state index contributed by atoms with van der Waals surface area (Å²) in [5.74, 6) is -0.0924. The third-order valence-electron chi connectivity index (χ3n) is 4.52. The molecule has 22 heavy (non-hydrogen) atoms. The van der Waals surface area contributed by atoms with Crippen molar-refractivity contribution in [3.8, 4) is 0 Å². The van der Waals surface area contributed by atoms with Crippen molar-refractivity contribution in [1.29, 1.82) is 0 Å². The second-order valence-corrected chi connectivity index (χ2v) is 6.37. The Morgan fingerprint density at radius 2 is 1.50 bits per heavy atom. The van der Waals surface area contributed by atoms with Gasteiger partial charge >= 0.3 is 0 Å².